The highest BCUT2D eigenvalue weighted by molar-refractivity contribution is 9.10. The third-order valence-electron chi connectivity index (χ3n) is 1.60. The zero-order valence-corrected chi connectivity index (χ0v) is 8.30. The van der Waals surface area contributed by atoms with E-state index >= 15 is 0 Å². The highest BCUT2D eigenvalue weighted by Gasteiger charge is 2.05. The van der Waals surface area contributed by atoms with Gasteiger partial charge in [-0.1, -0.05) is 0 Å². The second-order valence-electron chi connectivity index (χ2n) is 2.51. The third-order valence-corrected chi connectivity index (χ3v) is 2.21. The fraction of sp³-hybridized carbons (Fsp3) is 0.571. The van der Waals surface area contributed by atoms with Crippen LogP contribution in [0.1, 0.15) is 13.0 Å². The average Bonchev–Trinajstić information content (AvgIpc) is 2.36. The van der Waals surface area contributed by atoms with Crippen molar-refractivity contribution in [3.05, 3.63) is 17.1 Å². The van der Waals surface area contributed by atoms with Crippen molar-refractivity contribution in [3.8, 4) is 0 Å². The molecule has 1 unspecified atom stereocenters. The van der Waals surface area contributed by atoms with E-state index < -0.39 is 0 Å². The van der Waals surface area contributed by atoms with Gasteiger partial charge in [-0.05, 0) is 29.9 Å². The van der Waals surface area contributed by atoms with Crippen LogP contribution in [0.15, 0.2) is 17.1 Å². The van der Waals surface area contributed by atoms with Gasteiger partial charge in [0, 0.05) is 25.0 Å². The van der Waals surface area contributed by atoms with Crippen LogP contribution in [0.5, 0.6) is 0 Å². The van der Waals surface area contributed by atoms with Crippen molar-refractivity contribution in [2.75, 3.05) is 13.6 Å². The molecule has 3 nitrogen and oxygen atoms in total. The molecule has 1 aromatic rings. The van der Waals surface area contributed by atoms with Crippen LogP contribution in [-0.4, -0.2) is 23.1 Å². The molecule has 62 valence electrons. The molecule has 0 aliphatic heterocycles. The standard InChI is InChI=1S/C7H12BrN3/c1-6(5-9-2)11-4-3-10-7(11)8/h3-4,6,9H,5H2,1-2H3. The molecule has 0 bridgehead atoms. The maximum Gasteiger partial charge on any atom is 0.177 e. The summed E-state index contributed by atoms with van der Waals surface area (Å²) in [5.74, 6) is 0. The minimum Gasteiger partial charge on any atom is -0.322 e. The fourth-order valence-electron chi connectivity index (χ4n) is 1.02. The second-order valence-corrected chi connectivity index (χ2v) is 3.22. The predicted octanol–water partition coefficient (Wildman–Crippen LogP) is 1.43. The molecule has 1 rings (SSSR count). The SMILES string of the molecule is CNCC(C)n1ccnc1Br. The van der Waals surface area contributed by atoms with E-state index in [9.17, 15) is 0 Å². The Balaban J connectivity index is 2.67. The summed E-state index contributed by atoms with van der Waals surface area (Å²) in [4.78, 5) is 4.07. The van der Waals surface area contributed by atoms with Crippen molar-refractivity contribution in [2.24, 2.45) is 0 Å². The van der Waals surface area contributed by atoms with E-state index in [4.69, 9.17) is 0 Å². The highest BCUT2D eigenvalue weighted by atomic mass is 79.9. The topological polar surface area (TPSA) is 29.9 Å². The first-order valence-corrected chi connectivity index (χ1v) is 4.38. The van der Waals surface area contributed by atoms with E-state index in [2.05, 4.69) is 37.7 Å². The molecule has 11 heavy (non-hydrogen) atoms. The van der Waals surface area contributed by atoms with Gasteiger partial charge >= 0.3 is 0 Å². The summed E-state index contributed by atoms with van der Waals surface area (Å²) in [6.07, 6.45) is 3.75. The molecule has 1 aromatic heterocycles. The minimum atomic E-state index is 0.442. The first kappa shape index (κ1) is 8.74. The summed E-state index contributed by atoms with van der Waals surface area (Å²) in [5, 5.41) is 3.11. The molecule has 0 amide bonds. The van der Waals surface area contributed by atoms with Gasteiger partial charge in [0.2, 0.25) is 0 Å². The van der Waals surface area contributed by atoms with Crippen LogP contribution in [0.3, 0.4) is 0 Å². The lowest BCUT2D eigenvalue weighted by Gasteiger charge is -2.12. The zero-order chi connectivity index (χ0) is 8.27. The Hall–Kier alpha value is -0.350. The molecule has 4 heteroatoms. The van der Waals surface area contributed by atoms with Gasteiger partial charge in [0.05, 0.1) is 0 Å². The molecule has 0 aromatic carbocycles. The molecule has 0 radical (unpaired) electrons. The van der Waals surface area contributed by atoms with Gasteiger partial charge in [-0.25, -0.2) is 4.98 Å². The average molecular weight is 218 g/mol. The van der Waals surface area contributed by atoms with E-state index in [0.29, 0.717) is 6.04 Å². The molecule has 0 fully saturated rings. The normalized spacial score (nSPS) is 13.4. The van der Waals surface area contributed by atoms with E-state index in [1.54, 1.807) is 6.20 Å². The largest absolute Gasteiger partial charge is 0.322 e. The van der Waals surface area contributed by atoms with E-state index in [1.165, 1.54) is 0 Å². The summed E-state index contributed by atoms with van der Waals surface area (Å²) in [7, 11) is 1.95. The molecule has 0 spiro atoms. The van der Waals surface area contributed by atoms with Crippen molar-refractivity contribution >= 4 is 15.9 Å². The van der Waals surface area contributed by atoms with Crippen molar-refractivity contribution in [1.29, 1.82) is 0 Å². The van der Waals surface area contributed by atoms with Crippen LogP contribution in [-0.2, 0) is 0 Å². The van der Waals surface area contributed by atoms with Crippen molar-refractivity contribution in [2.45, 2.75) is 13.0 Å². The molecule has 0 aliphatic carbocycles. The Morgan fingerprint density at radius 2 is 2.55 bits per heavy atom. The molecule has 1 heterocycles. The highest BCUT2D eigenvalue weighted by Crippen LogP contribution is 2.12. The smallest absolute Gasteiger partial charge is 0.177 e. The number of likely N-dealkylation sites (N-methyl/N-ethyl adjacent to an activating group) is 1. The summed E-state index contributed by atoms with van der Waals surface area (Å²) in [6.45, 7) is 3.10. The summed E-state index contributed by atoms with van der Waals surface area (Å²) in [5.41, 5.74) is 0. The van der Waals surface area contributed by atoms with Crippen LogP contribution >= 0.6 is 15.9 Å². The van der Waals surface area contributed by atoms with Gasteiger partial charge in [0.25, 0.3) is 0 Å². The quantitative estimate of drug-likeness (QED) is 0.831. The van der Waals surface area contributed by atoms with Gasteiger partial charge in [-0.15, -0.1) is 0 Å². The Morgan fingerprint density at radius 1 is 1.82 bits per heavy atom. The summed E-state index contributed by atoms with van der Waals surface area (Å²) in [6, 6.07) is 0.442. The van der Waals surface area contributed by atoms with Gasteiger partial charge in [0.1, 0.15) is 0 Å². The maximum absolute atomic E-state index is 4.07. The number of nitrogens with zero attached hydrogens (tertiary/aromatic N) is 2. The van der Waals surface area contributed by atoms with Crippen LogP contribution in [0.4, 0.5) is 0 Å². The number of rotatable bonds is 3. The summed E-state index contributed by atoms with van der Waals surface area (Å²) >= 11 is 3.36. The monoisotopic (exact) mass is 217 g/mol. The van der Waals surface area contributed by atoms with Gasteiger partial charge in [0.15, 0.2) is 4.73 Å². The Labute approximate surface area is 74.9 Å². The lowest BCUT2D eigenvalue weighted by Crippen LogP contribution is -2.19. The zero-order valence-electron chi connectivity index (χ0n) is 6.71. The number of imidazole rings is 1. The second kappa shape index (κ2) is 3.88. The van der Waals surface area contributed by atoms with Crippen molar-refractivity contribution < 1.29 is 0 Å². The molecule has 0 saturated carbocycles. The molecule has 0 saturated heterocycles. The van der Waals surface area contributed by atoms with Crippen LogP contribution in [0.25, 0.3) is 0 Å². The molecular weight excluding hydrogens is 206 g/mol. The molecule has 1 atom stereocenters. The summed E-state index contributed by atoms with van der Waals surface area (Å²) < 4.78 is 2.97. The number of nitrogens with one attached hydrogen (secondary N) is 1. The predicted molar refractivity (Wildman–Crippen MR) is 48.6 cm³/mol. The number of halogens is 1. The lowest BCUT2D eigenvalue weighted by atomic mass is 10.3. The third kappa shape index (κ3) is 2.04. The first-order chi connectivity index (χ1) is 5.25. The first-order valence-electron chi connectivity index (χ1n) is 3.58. The van der Waals surface area contributed by atoms with E-state index in [0.717, 1.165) is 11.3 Å². The van der Waals surface area contributed by atoms with Crippen molar-refractivity contribution in [3.63, 3.8) is 0 Å². The van der Waals surface area contributed by atoms with Gasteiger partial charge in [-0.3, -0.25) is 0 Å². The van der Waals surface area contributed by atoms with Gasteiger partial charge < -0.3 is 9.88 Å². The number of hydrogen-bond acceptors (Lipinski definition) is 2. The van der Waals surface area contributed by atoms with Crippen molar-refractivity contribution in [1.82, 2.24) is 14.9 Å². The number of aromatic nitrogens is 2. The Bertz CT molecular complexity index is 221. The van der Waals surface area contributed by atoms with Gasteiger partial charge in [-0.2, -0.15) is 0 Å². The van der Waals surface area contributed by atoms with Crippen LogP contribution < -0.4 is 5.32 Å². The number of hydrogen-bond donors (Lipinski definition) is 1. The lowest BCUT2D eigenvalue weighted by molar-refractivity contribution is 0.509. The Kier molecular flexibility index (Phi) is 3.08. The Morgan fingerprint density at radius 3 is 3.00 bits per heavy atom. The van der Waals surface area contributed by atoms with E-state index in [1.807, 2.05) is 13.2 Å². The van der Waals surface area contributed by atoms with Crippen LogP contribution in [0.2, 0.25) is 0 Å². The fourth-order valence-corrected chi connectivity index (χ4v) is 1.60. The minimum absolute atomic E-state index is 0.442. The van der Waals surface area contributed by atoms with Crippen LogP contribution in [0, 0.1) is 0 Å². The molecular formula is C7H12BrN3. The molecule has 0 aliphatic rings. The maximum atomic E-state index is 4.07. The van der Waals surface area contributed by atoms with E-state index in [-0.39, 0.29) is 0 Å². The molecule has 1 N–H and O–H groups in total.